The molecule has 2 N–H and O–H groups in total. The Kier molecular flexibility index (Phi) is 5.54. The van der Waals surface area contributed by atoms with Crippen LogP contribution in [0.1, 0.15) is 38.2 Å². The molecule has 1 aliphatic rings. The van der Waals surface area contributed by atoms with Gasteiger partial charge in [0, 0.05) is 25.1 Å². The number of nitrogens with zero attached hydrogens (tertiary/aromatic N) is 1. The van der Waals surface area contributed by atoms with E-state index < -0.39 is 10.0 Å². The summed E-state index contributed by atoms with van der Waals surface area (Å²) in [6.45, 7) is 3.10. The van der Waals surface area contributed by atoms with Crippen molar-refractivity contribution in [3.63, 3.8) is 0 Å². The van der Waals surface area contributed by atoms with Crippen LogP contribution >= 0.6 is 0 Å². The number of hydrogen-bond donors (Lipinski definition) is 2. The van der Waals surface area contributed by atoms with E-state index in [0.717, 1.165) is 19.3 Å². The standard InChI is InChI=1S/C15H21N3O3S/c1-2-16-14(19)10-4-3-7-11-17-15-12-8-5-6-9-13(12)22(20,21)18-15/h5-6,8-9H,2-4,7,10-11H2,1H3,(H,16,19)(H,17,18). The summed E-state index contributed by atoms with van der Waals surface area (Å²) < 4.78 is 26.3. The Morgan fingerprint density at radius 2 is 2.00 bits per heavy atom. The highest BCUT2D eigenvalue weighted by Gasteiger charge is 2.29. The molecule has 0 saturated carbocycles. The number of amides is 1. The Labute approximate surface area is 131 Å². The van der Waals surface area contributed by atoms with Crippen LogP contribution in [0, 0.1) is 0 Å². The quantitative estimate of drug-likeness (QED) is 0.744. The van der Waals surface area contributed by atoms with Gasteiger partial charge in [-0.1, -0.05) is 18.6 Å². The monoisotopic (exact) mass is 323 g/mol. The minimum Gasteiger partial charge on any atom is -0.356 e. The van der Waals surface area contributed by atoms with Gasteiger partial charge in [0.15, 0.2) is 0 Å². The molecule has 0 saturated heterocycles. The zero-order valence-electron chi connectivity index (χ0n) is 12.6. The predicted octanol–water partition coefficient (Wildman–Crippen LogP) is 1.42. The largest absolute Gasteiger partial charge is 0.356 e. The first-order valence-electron chi connectivity index (χ1n) is 7.48. The summed E-state index contributed by atoms with van der Waals surface area (Å²) in [7, 11) is -3.45. The molecule has 6 nitrogen and oxygen atoms in total. The Hall–Kier alpha value is -1.89. The second-order valence-electron chi connectivity index (χ2n) is 5.10. The van der Waals surface area contributed by atoms with E-state index in [-0.39, 0.29) is 10.8 Å². The van der Waals surface area contributed by atoms with E-state index in [1.54, 1.807) is 24.3 Å². The summed E-state index contributed by atoms with van der Waals surface area (Å²) in [5.41, 5.74) is 0.629. The van der Waals surface area contributed by atoms with Gasteiger partial charge in [-0.15, -0.1) is 0 Å². The maximum absolute atomic E-state index is 11.9. The van der Waals surface area contributed by atoms with Crippen LogP contribution in [0.3, 0.4) is 0 Å². The van der Waals surface area contributed by atoms with Gasteiger partial charge in [0.2, 0.25) is 5.91 Å². The van der Waals surface area contributed by atoms with Crippen LogP contribution in [0.4, 0.5) is 0 Å². The number of carbonyl (C=O) groups is 1. The van der Waals surface area contributed by atoms with E-state index in [1.165, 1.54) is 0 Å². The molecule has 0 atom stereocenters. The Bertz CT molecular complexity index is 668. The summed E-state index contributed by atoms with van der Waals surface area (Å²) in [5.74, 6) is 0.491. The lowest BCUT2D eigenvalue weighted by Gasteiger charge is -2.02. The summed E-state index contributed by atoms with van der Waals surface area (Å²) in [5, 5.41) is 2.76. The van der Waals surface area contributed by atoms with Gasteiger partial charge >= 0.3 is 0 Å². The smallest absolute Gasteiger partial charge is 0.263 e. The molecule has 0 spiro atoms. The highest BCUT2D eigenvalue weighted by atomic mass is 32.2. The maximum Gasteiger partial charge on any atom is 0.263 e. The first-order chi connectivity index (χ1) is 10.5. The number of aliphatic imine (C=N–C) groups is 1. The molecule has 1 amide bonds. The lowest BCUT2D eigenvalue weighted by Crippen LogP contribution is -2.22. The van der Waals surface area contributed by atoms with Gasteiger partial charge in [0.05, 0.1) is 4.90 Å². The average Bonchev–Trinajstić information content (AvgIpc) is 2.75. The first kappa shape index (κ1) is 16.5. The Balaban J connectivity index is 1.82. The zero-order valence-corrected chi connectivity index (χ0v) is 13.4. The zero-order chi connectivity index (χ0) is 16.0. The molecule has 0 radical (unpaired) electrons. The number of carbonyl (C=O) groups excluding carboxylic acids is 1. The van der Waals surface area contributed by atoms with E-state index >= 15 is 0 Å². The summed E-state index contributed by atoms with van der Waals surface area (Å²) in [6.07, 6.45) is 3.06. The van der Waals surface area contributed by atoms with Crippen molar-refractivity contribution in [2.45, 2.75) is 37.5 Å². The molecule has 0 aromatic heterocycles. The van der Waals surface area contributed by atoms with E-state index in [2.05, 4.69) is 15.0 Å². The van der Waals surface area contributed by atoms with Crippen LogP contribution in [0.2, 0.25) is 0 Å². The Morgan fingerprint density at radius 3 is 2.77 bits per heavy atom. The van der Waals surface area contributed by atoms with E-state index in [9.17, 15) is 13.2 Å². The van der Waals surface area contributed by atoms with Gasteiger partial charge < -0.3 is 5.32 Å². The van der Waals surface area contributed by atoms with Crippen molar-refractivity contribution in [1.82, 2.24) is 10.0 Å². The first-order valence-corrected chi connectivity index (χ1v) is 8.96. The normalized spacial score (nSPS) is 17.0. The molecule has 2 rings (SSSR count). The molecule has 1 aromatic carbocycles. The number of benzene rings is 1. The molecule has 1 aromatic rings. The minimum atomic E-state index is -3.45. The van der Waals surface area contributed by atoms with Crippen LogP contribution in [0.5, 0.6) is 0 Å². The molecule has 0 aliphatic carbocycles. The molecule has 22 heavy (non-hydrogen) atoms. The third kappa shape index (κ3) is 4.07. The van der Waals surface area contributed by atoms with Crippen molar-refractivity contribution in [2.24, 2.45) is 4.99 Å². The van der Waals surface area contributed by atoms with Crippen molar-refractivity contribution >= 4 is 21.8 Å². The molecular formula is C15H21N3O3S. The van der Waals surface area contributed by atoms with E-state index in [4.69, 9.17) is 0 Å². The van der Waals surface area contributed by atoms with Crippen LogP contribution in [0.25, 0.3) is 0 Å². The number of nitrogens with one attached hydrogen (secondary N) is 2. The van der Waals surface area contributed by atoms with E-state index in [0.29, 0.717) is 30.9 Å². The molecule has 1 heterocycles. The number of fused-ring (bicyclic) bond motifs is 1. The number of hydrogen-bond acceptors (Lipinski definition) is 4. The lowest BCUT2D eigenvalue weighted by molar-refractivity contribution is -0.121. The van der Waals surface area contributed by atoms with Crippen LogP contribution in [-0.2, 0) is 14.8 Å². The molecule has 0 fully saturated rings. The predicted molar refractivity (Wildman–Crippen MR) is 85.3 cm³/mol. The van der Waals surface area contributed by atoms with Gasteiger partial charge in [-0.05, 0) is 31.9 Å². The summed E-state index contributed by atoms with van der Waals surface area (Å²) in [4.78, 5) is 15.9. The van der Waals surface area contributed by atoms with Crippen LogP contribution in [0.15, 0.2) is 34.2 Å². The maximum atomic E-state index is 11.9. The minimum absolute atomic E-state index is 0.0753. The fraction of sp³-hybridized carbons (Fsp3) is 0.467. The Morgan fingerprint density at radius 1 is 1.23 bits per heavy atom. The van der Waals surface area contributed by atoms with Crippen LogP contribution < -0.4 is 10.0 Å². The third-order valence-electron chi connectivity index (χ3n) is 3.37. The summed E-state index contributed by atoms with van der Waals surface area (Å²) >= 11 is 0. The molecule has 120 valence electrons. The van der Waals surface area contributed by atoms with Crippen molar-refractivity contribution in [2.75, 3.05) is 13.1 Å². The highest BCUT2D eigenvalue weighted by molar-refractivity contribution is 7.90. The van der Waals surface area contributed by atoms with Gasteiger partial charge in [-0.3, -0.25) is 14.5 Å². The molecule has 0 bridgehead atoms. The van der Waals surface area contributed by atoms with Crippen molar-refractivity contribution in [1.29, 1.82) is 0 Å². The fourth-order valence-corrected chi connectivity index (χ4v) is 3.55. The van der Waals surface area contributed by atoms with Crippen molar-refractivity contribution < 1.29 is 13.2 Å². The number of amidine groups is 1. The lowest BCUT2D eigenvalue weighted by atomic mass is 10.2. The summed E-state index contributed by atoms with van der Waals surface area (Å²) in [6, 6.07) is 6.82. The van der Waals surface area contributed by atoms with Gasteiger partial charge in [0.25, 0.3) is 10.0 Å². The van der Waals surface area contributed by atoms with Crippen molar-refractivity contribution in [3.05, 3.63) is 29.8 Å². The van der Waals surface area contributed by atoms with Crippen molar-refractivity contribution in [3.8, 4) is 0 Å². The van der Waals surface area contributed by atoms with Gasteiger partial charge in [-0.25, -0.2) is 8.42 Å². The molecular weight excluding hydrogens is 302 g/mol. The topological polar surface area (TPSA) is 87.6 Å². The second-order valence-corrected chi connectivity index (χ2v) is 6.75. The highest BCUT2D eigenvalue weighted by Crippen LogP contribution is 2.22. The van der Waals surface area contributed by atoms with Crippen LogP contribution in [-0.4, -0.2) is 33.3 Å². The van der Waals surface area contributed by atoms with Gasteiger partial charge in [-0.2, -0.15) is 0 Å². The molecule has 7 heteroatoms. The van der Waals surface area contributed by atoms with E-state index in [1.807, 2.05) is 6.92 Å². The number of rotatable bonds is 7. The molecule has 0 unspecified atom stereocenters. The number of unbranched alkanes of at least 4 members (excludes halogenated alkanes) is 2. The SMILES string of the molecule is CCNC(=O)CCCCCN=C1NS(=O)(=O)c2ccccc21. The fourth-order valence-electron chi connectivity index (χ4n) is 2.30. The average molecular weight is 323 g/mol. The van der Waals surface area contributed by atoms with Gasteiger partial charge in [0.1, 0.15) is 5.84 Å². The second kappa shape index (κ2) is 7.40. The number of sulfonamides is 1. The molecule has 1 aliphatic heterocycles. The third-order valence-corrected chi connectivity index (χ3v) is 4.77.